The van der Waals surface area contributed by atoms with E-state index in [4.69, 9.17) is 0 Å². The van der Waals surface area contributed by atoms with Crippen LogP contribution in [0.25, 0.3) is 0 Å². The number of amidine groups is 1. The van der Waals surface area contributed by atoms with Gasteiger partial charge in [-0.1, -0.05) is 12.2 Å². The maximum absolute atomic E-state index is 3.80. The number of nitrogens with one attached hydrogen (secondary N) is 1. The van der Waals surface area contributed by atoms with Gasteiger partial charge in [0, 0.05) is 13.1 Å². The third-order valence-corrected chi connectivity index (χ3v) is 2.69. The number of nitrogens with zero attached hydrogens (tertiary/aromatic N) is 2. The summed E-state index contributed by atoms with van der Waals surface area (Å²) in [5.41, 5.74) is 0. The van der Waals surface area contributed by atoms with Crippen molar-refractivity contribution in [3.8, 4) is 0 Å². The van der Waals surface area contributed by atoms with Crippen molar-refractivity contribution < 1.29 is 4.58 Å². The highest BCUT2D eigenvalue weighted by Gasteiger charge is 2.26. The number of likely N-dealkylation sites (N-methyl/N-ethyl adjacent to an activating group) is 1. The molecular weight excluding hydrogens is 186 g/mol. The molecule has 0 unspecified atom stereocenters. The van der Waals surface area contributed by atoms with E-state index in [2.05, 4.69) is 35.0 Å². The van der Waals surface area contributed by atoms with E-state index >= 15 is 0 Å². The van der Waals surface area contributed by atoms with Crippen molar-refractivity contribution in [1.82, 2.24) is 10.2 Å². The molecule has 0 bridgehead atoms. The predicted molar refractivity (Wildman–Crippen MR) is 65.5 cm³/mol. The van der Waals surface area contributed by atoms with Gasteiger partial charge in [0.25, 0.3) is 5.84 Å². The van der Waals surface area contributed by atoms with Crippen molar-refractivity contribution in [2.75, 3.05) is 39.8 Å². The molecule has 1 aliphatic heterocycles. The molecule has 1 N–H and O–H groups in total. The number of rotatable bonds is 7. The minimum atomic E-state index is 0.889. The lowest BCUT2D eigenvalue weighted by atomic mass is 10.3. The van der Waals surface area contributed by atoms with Crippen LogP contribution >= 0.6 is 0 Å². The van der Waals surface area contributed by atoms with E-state index in [9.17, 15) is 0 Å². The molecule has 0 aromatic heterocycles. The highest BCUT2D eigenvalue weighted by molar-refractivity contribution is 5.79. The first-order chi connectivity index (χ1) is 7.29. The Morgan fingerprint density at radius 2 is 2.27 bits per heavy atom. The third-order valence-electron chi connectivity index (χ3n) is 2.69. The first kappa shape index (κ1) is 12.0. The van der Waals surface area contributed by atoms with Crippen LogP contribution in [0.15, 0.2) is 25.3 Å². The second-order valence-electron chi connectivity index (χ2n) is 3.81. The molecule has 0 saturated carbocycles. The van der Waals surface area contributed by atoms with E-state index in [1.165, 1.54) is 5.84 Å². The van der Waals surface area contributed by atoms with E-state index in [1.54, 1.807) is 0 Å². The molecule has 84 valence electrons. The van der Waals surface area contributed by atoms with E-state index in [-0.39, 0.29) is 0 Å². The standard InChI is InChI=1S/C12H22N3/c1-4-6-12-14(3)10-11-15(12)9-8-13-7-5-2/h4-5,13H,1-2,6-11H2,3H3/q+1. The van der Waals surface area contributed by atoms with Crippen molar-refractivity contribution in [3.05, 3.63) is 25.3 Å². The fourth-order valence-corrected chi connectivity index (χ4v) is 1.84. The topological polar surface area (TPSA) is 18.3 Å². The van der Waals surface area contributed by atoms with Crippen LogP contribution in [0.5, 0.6) is 0 Å². The van der Waals surface area contributed by atoms with Crippen molar-refractivity contribution in [3.63, 3.8) is 0 Å². The van der Waals surface area contributed by atoms with Gasteiger partial charge in [-0.15, -0.1) is 13.2 Å². The highest BCUT2D eigenvalue weighted by atomic mass is 15.3. The maximum Gasteiger partial charge on any atom is 0.250 e. The lowest BCUT2D eigenvalue weighted by Gasteiger charge is -2.12. The van der Waals surface area contributed by atoms with Gasteiger partial charge >= 0.3 is 0 Å². The van der Waals surface area contributed by atoms with Crippen LogP contribution in [-0.2, 0) is 0 Å². The molecule has 15 heavy (non-hydrogen) atoms. The fraction of sp³-hybridized carbons (Fsp3) is 0.583. The molecule has 3 heteroatoms. The molecule has 1 rings (SSSR count). The van der Waals surface area contributed by atoms with Crippen LogP contribution in [0.2, 0.25) is 0 Å². The minimum Gasteiger partial charge on any atom is -0.309 e. The zero-order valence-electron chi connectivity index (χ0n) is 9.71. The van der Waals surface area contributed by atoms with Crippen molar-refractivity contribution in [1.29, 1.82) is 0 Å². The smallest absolute Gasteiger partial charge is 0.250 e. The Bertz CT molecular complexity index is 256. The van der Waals surface area contributed by atoms with Gasteiger partial charge in [-0.25, -0.2) is 0 Å². The summed E-state index contributed by atoms with van der Waals surface area (Å²) < 4.78 is 2.31. The zero-order chi connectivity index (χ0) is 11.1. The normalized spacial score (nSPS) is 15.9. The van der Waals surface area contributed by atoms with E-state index in [1.807, 2.05) is 12.2 Å². The molecule has 0 aliphatic carbocycles. The van der Waals surface area contributed by atoms with Gasteiger partial charge in [0.05, 0.1) is 20.0 Å². The molecule has 1 heterocycles. The molecule has 0 amide bonds. The van der Waals surface area contributed by atoms with Crippen molar-refractivity contribution in [2.24, 2.45) is 0 Å². The Kier molecular flexibility index (Phi) is 5.12. The van der Waals surface area contributed by atoms with Crippen molar-refractivity contribution >= 4 is 5.84 Å². The van der Waals surface area contributed by atoms with Crippen molar-refractivity contribution in [2.45, 2.75) is 6.42 Å². The lowest BCUT2D eigenvalue weighted by Crippen LogP contribution is -2.35. The van der Waals surface area contributed by atoms with E-state index in [0.717, 1.165) is 39.1 Å². The molecule has 1 aliphatic rings. The largest absolute Gasteiger partial charge is 0.309 e. The van der Waals surface area contributed by atoms with Gasteiger partial charge in [-0.2, -0.15) is 0 Å². The van der Waals surface area contributed by atoms with E-state index < -0.39 is 0 Å². The Labute approximate surface area is 92.8 Å². The quantitative estimate of drug-likeness (QED) is 0.377. The number of hydrogen-bond donors (Lipinski definition) is 1. The summed E-state index contributed by atoms with van der Waals surface area (Å²) >= 11 is 0. The van der Waals surface area contributed by atoms with Gasteiger partial charge in [0.1, 0.15) is 13.1 Å². The monoisotopic (exact) mass is 208 g/mol. The average molecular weight is 208 g/mol. The van der Waals surface area contributed by atoms with Gasteiger partial charge in [0.2, 0.25) is 0 Å². The molecular formula is C12H22N3+. The summed E-state index contributed by atoms with van der Waals surface area (Å²) in [6.45, 7) is 12.7. The minimum absolute atomic E-state index is 0.889. The van der Waals surface area contributed by atoms with Crippen LogP contribution in [-0.4, -0.2) is 55.1 Å². The van der Waals surface area contributed by atoms with Gasteiger partial charge in [0.15, 0.2) is 0 Å². The van der Waals surface area contributed by atoms with Crippen LogP contribution in [0.1, 0.15) is 6.42 Å². The first-order valence-electron chi connectivity index (χ1n) is 5.54. The predicted octanol–water partition coefficient (Wildman–Crippen LogP) is 0.694. The number of hydrogen-bond acceptors (Lipinski definition) is 2. The summed E-state index contributed by atoms with van der Waals surface area (Å²) in [6, 6.07) is 0. The summed E-state index contributed by atoms with van der Waals surface area (Å²) in [5, 5.41) is 3.32. The third kappa shape index (κ3) is 3.51. The SMILES string of the molecule is C=CCNCCN1CC[N+](C)=C1CC=C. The zero-order valence-corrected chi connectivity index (χ0v) is 9.71. The molecule has 0 saturated heterocycles. The second kappa shape index (κ2) is 6.40. The fourth-order valence-electron chi connectivity index (χ4n) is 1.84. The van der Waals surface area contributed by atoms with Gasteiger partial charge < -0.3 is 5.32 Å². The Morgan fingerprint density at radius 1 is 1.47 bits per heavy atom. The Hall–Kier alpha value is -1.09. The van der Waals surface area contributed by atoms with Crippen LogP contribution in [0, 0.1) is 0 Å². The highest BCUT2D eigenvalue weighted by Crippen LogP contribution is 2.03. The Morgan fingerprint density at radius 3 is 2.93 bits per heavy atom. The van der Waals surface area contributed by atoms with Gasteiger partial charge in [-0.05, 0) is 0 Å². The summed E-state index contributed by atoms with van der Waals surface area (Å²) in [4.78, 5) is 2.43. The second-order valence-corrected chi connectivity index (χ2v) is 3.81. The molecule has 0 fully saturated rings. The summed E-state index contributed by atoms with van der Waals surface area (Å²) in [7, 11) is 2.15. The molecule has 0 aromatic carbocycles. The Balaban J connectivity index is 2.35. The molecule has 0 radical (unpaired) electrons. The van der Waals surface area contributed by atoms with E-state index in [0.29, 0.717) is 0 Å². The summed E-state index contributed by atoms with van der Waals surface area (Å²) in [6.07, 6.45) is 4.84. The molecule has 0 aromatic rings. The lowest BCUT2D eigenvalue weighted by molar-refractivity contribution is -0.487. The molecule has 3 nitrogen and oxygen atoms in total. The maximum atomic E-state index is 3.80. The van der Waals surface area contributed by atoms with Crippen LogP contribution in [0.4, 0.5) is 0 Å². The van der Waals surface area contributed by atoms with Crippen LogP contribution < -0.4 is 5.32 Å². The first-order valence-corrected chi connectivity index (χ1v) is 5.54. The van der Waals surface area contributed by atoms with Gasteiger partial charge in [-0.3, -0.25) is 9.48 Å². The molecule has 0 spiro atoms. The average Bonchev–Trinajstić information content (AvgIpc) is 2.57. The molecule has 0 atom stereocenters. The summed E-state index contributed by atoms with van der Waals surface area (Å²) in [5.74, 6) is 1.39. The van der Waals surface area contributed by atoms with Crippen LogP contribution in [0.3, 0.4) is 0 Å².